The van der Waals surface area contributed by atoms with Crippen LogP contribution in [0.5, 0.6) is 5.75 Å². The molecular formula is C11H16ClFN2O. The Morgan fingerprint density at radius 2 is 2.00 bits per heavy atom. The fraction of sp³-hybridized carbons (Fsp3) is 0.455. The van der Waals surface area contributed by atoms with E-state index in [-0.39, 0.29) is 18.2 Å². The summed E-state index contributed by atoms with van der Waals surface area (Å²) < 4.78 is 18.7. The molecule has 1 aromatic rings. The van der Waals surface area contributed by atoms with E-state index in [1.54, 1.807) is 19.2 Å². The standard InChI is InChI=1S/C11H15FN2O.ClH/c1-15-9-2-3-10(12)11(8-9)14-6-4-13-5-7-14;/h2-3,8,13H,4-7H2,1H3;1H. The lowest BCUT2D eigenvalue weighted by atomic mass is 10.2. The van der Waals surface area contributed by atoms with Gasteiger partial charge in [-0.25, -0.2) is 4.39 Å². The van der Waals surface area contributed by atoms with E-state index in [0.29, 0.717) is 11.4 Å². The molecule has 0 radical (unpaired) electrons. The van der Waals surface area contributed by atoms with Crippen LogP contribution in [0.4, 0.5) is 10.1 Å². The monoisotopic (exact) mass is 246 g/mol. The smallest absolute Gasteiger partial charge is 0.146 e. The van der Waals surface area contributed by atoms with Gasteiger partial charge in [-0.2, -0.15) is 0 Å². The van der Waals surface area contributed by atoms with Gasteiger partial charge in [0.2, 0.25) is 0 Å². The fourth-order valence-electron chi connectivity index (χ4n) is 1.77. The van der Waals surface area contributed by atoms with E-state index in [9.17, 15) is 4.39 Å². The second kappa shape index (κ2) is 5.92. The number of methoxy groups -OCH3 is 1. The first-order valence-electron chi connectivity index (χ1n) is 5.10. The first-order chi connectivity index (χ1) is 7.31. The zero-order chi connectivity index (χ0) is 10.7. The first kappa shape index (κ1) is 13.1. The van der Waals surface area contributed by atoms with E-state index in [4.69, 9.17) is 4.74 Å². The highest BCUT2D eigenvalue weighted by Crippen LogP contribution is 2.24. The number of nitrogens with one attached hydrogen (secondary N) is 1. The maximum atomic E-state index is 13.6. The highest BCUT2D eigenvalue weighted by atomic mass is 35.5. The molecule has 16 heavy (non-hydrogen) atoms. The van der Waals surface area contributed by atoms with Gasteiger partial charge >= 0.3 is 0 Å². The van der Waals surface area contributed by atoms with Crippen molar-refractivity contribution in [3.05, 3.63) is 24.0 Å². The summed E-state index contributed by atoms with van der Waals surface area (Å²) in [7, 11) is 1.59. The van der Waals surface area contributed by atoms with E-state index >= 15 is 0 Å². The molecule has 1 aliphatic rings. The highest BCUT2D eigenvalue weighted by molar-refractivity contribution is 5.85. The number of halogens is 2. The largest absolute Gasteiger partial charge is 0.497 e. The van der Waals surface area contributed by atoms with Crippen LogP contribution in [-0.2, 0) is 0 Å². The first-order valence-corrected chi connectivity index (χ1v) is 5.10. The van der Waals surface area contributed by atoms with Crippen molar-refractivity contribution in [2.45, 2.75) is 0 Å². The number of anilines is 1. The second-order valence-electron chi connectivity index (χ2n) is 3.55. The third kappa shape index (κ3) is 2.77. The van der Waals surface area contributed by atoms with E-state index in [2.05, 4.69) is 5.32 Å². The van der Waals surface area contributed by atoms with Crippen molar-refractivity contribution >= 4 is 18.1 Å². The molecule has 3 nitrogen and oxygen atoms in total. The number of rotatable bonds is 2. The molecule has 1 aliphatic heterocycles. The van der Waals surface area contributed by atoms with Gasteiger partial charge in [0, 0.05) is 32.2 Å². The van der Waals surface area contributed by atoms with Crippen LogP contribution in [0.3, 0.4) is 0 Å². The Morgan fingerprint density at radius 1 is 1.31 bits per heavy atom. The minimum atomic E-state index is -0.183. The Kier molecular flexibility index (Phi) is 4.83. The van der Waals surface area contributed by atoms with Crippen molar-refractivity contribution in [1.82, 2.24) is 5.32 Å². The molecule has 1 saturated heterocycles. The van der Waals surface area contributed by atoms with Crippen molar-refractivity contribution in [3.63, 3.8) is 0 Å². The van der Waals surface area contributed by atoms with Crippen LogP contribution in [0.2, 0.25) is 0 Å². The number of hydrogen-bond donors (Lipinski definition) is 1. The maximum Gasteiger partial charge on any atom is 0.146 e. The van der Waals surface area contributed by atoms with E-state index < -0.39 is 0 Å². The molecule has 90 valence electrons. The summed E-state index contributed by atoms with van der Waals surface area (Å²) in [5.41, 5.74) is 0.635. The number of ether oxygens (including phenoxy) is 1. The van der Waals surface area contributed by atoms with Gasteiger partial charge in [-0.05, 0) is 12.1 Å². The maximum absolute atomic E-state index is 13.6. The predicted octanol–water partition coefficient (Wildman–Crippen LogP) is 1.67. The molecule has 0 unspecified atom stereocenters. The molecule has 0 bridgehead atoms. The third-order valence-corrected chi connectivity index (χ3v) is 2.61. The molecule has 1 fully saturated rings. The summed E-state index contributed by atoms with van der Waals surface area (Å²) in [6.07, 6.45) is 0. The normalized spacial score (nSPS) is 15.5. The summed E-state index contributed by atoms with van der Waals surface area (Å²) in [5.74, 6) is 0.516. The third-order valence-electron chi connectivity index (χ3n) is 2.61. The SMILES string of the molecule is COc1ccc(F)c(N2CCNCC2)c1.Cl. The molecule has 0 spiro atoms. The molecule has 1 heterocycles. The Morgan fingerprint density at radius 3 is 2.62 bits per heavy atom. The number of hydrogen-bond acceptors (Lipinski definition) is 3. The van der Waals surface area contributed by atoms with Crippen LogP contribution >= 0.6 is 12.4 Å². The summed E-state index contributed by atoms with van der Waals surface area (Å²) in [6, 6.07) is 4.85. The zero-order valence-electron chi connectivity index (χ0n) is 9.20. The molecule has 1 aromatic carbocycles. The van der Waals surface area contributed by atoms with Crippen LogP contribution in [-0.4, -0.2) is 33.3 Å². The topological polar surface area (TPSA) is 24.5 Å². The number of nitrogens with zero attached hydrogens (tertiary/aromatic N) is 1. The molecule has 0 atom stereocenters. The van der Waals surface area contributed by atoms with Gasteiger partial charge in [0.05, 0.1) is 12.8 Å². The quantitative estimate of drug-likeness (QED) is 0.859. The van der Waals surface area contributed by atoms with Crippen LogP contribution in [0.1, 0.15) is 0 Å². The van der Waals surface area contributed by atoms with Crippen molar-refractivity contribution < 1.29 is 9.13 Å². The second-order valence-corrected chi connectivity index (χ2v) is 3.55. The molecule has 1 N–H and O–H groups in total. The van der Waals surface area contributed by atoms with Crippen molar-refractivity contribution in [2.75, 3.05) is 38.2 Å². The van der Waals surface area contributed by atoms with E-state index in [1.807, 2.05) is 4.90 Å². The summed E-state index contributed by atoms with van der Waals surface area (Å²) in [5, 5.41) is 3.24. The Balaban J connectivity index is 0.00000128. The average molecular weight is 247 g/mol. The van der Waals surface area contributed by atoms with Crippen LogP contribution in [0.25, 0.3) is 0 Å². The molecule has 0 aromatic heterocycles. The van der Waals surface area contributed by atoms with Gasteiger partial charge in [-0.3, -0.25) is 0 Å². The Hall–Kier alpha value is -1.00. The van der Waals surface area contributed by atoms with Gasteiger partial charge in [0.15, 0.2) is 0 Å². The van der Waals surface area contributed by atoms with E-state index in [1.165, 1.54) is 6.07 Å². The van der Waals surface area contributed by atoms with Gasteiger partial charge < -0.3 is 15.0 Å². The average Bonchev–Trinajstić information content (AvgIpc) is 2.31. The Bertz CT molecular complexity index is 343. The highest BCUT2D eigenvalue weighted by Gasteiger charge is 2.14. The molecular weight excluding hydrogens is 231 g/mol. The predicted molar refractivity (Wildman–Crippen MR) is 65.3 cm³/mol. The minimum Gasteiger partial charge on any atom is -0.497 e. The lowest BCUT2D eigenvalue weighted by Gasteiger charge is -2.29. The summed E-state index contributed by atoms with van der Waals surface area (Å²) in [4.78, 5) is 2.04. The van der Waals surface area contributed by atoms with Gasteiger partial charge in [0.25, 0.3) is 0 Å². The molecule has 0 amide bonds. The van der Waals surface area contributed by atoms with Gasteiger partial charge in [0.1, 0.15) is 11.6 Å². The number of piperazine rings is 1. The Labute approximate surface area is 101 Å². The lowest BCUT2D eigenvalue weighted by Crippen LogP contribution is -2.43. The van der Waals surface area contributed by atoms with Crippen molar-refractivity contribution in [2.24, 2.45) is 0 Å². The van der Waals surface area contributed by atoms with E-state index in [0.717, 1.165) is 26.2 Å². The molecule has 5 heteroatoms. The fourth-order valence-corrected chi connectivity index (χ4v) is 1.77. The molecule has 2 rings (SSSR count). The summed E-state index contributed by atoms with van der Waals surface area (Å²) in [6.45, 7) is 3.47. The number of benzene rings is 1. The minimum absolute atomic E-state index is 0. The van der Waals surface area contributed by atoms with Crippen molar-refractivity contribution in [3.8, 4) is 5.75 Å². The molecule has 0 saturated carbocycles. The van der Waals surface area contributed by atoms with Crippen LogP contribution in [0, 0.1) is 5.82 Å². The van der Waals surface area contributed by atoms with Gasteiger partial charge in [-0.15, -0.1) is 12.4 Å². The van der Waals surface area contributed by atoms with Crippen LogP contribution < -0.4 is 15.0 Å². The molecule has 0 aliphatic carbocycles. The summed E-state index contributed by atoms with van der Waals surface area (Å²) >= 11 is 0. The van der Waals surface area contributed by atoms with Gasteiger partial charge in [-0.1, -0.05) is 0 Å². The van der Waals surface area contributed by atoms with Crippen LogP contribution in [0.15, 0.2) is 18.2 Å². The lowest BCUT2D eigenvalue weighted by molar-refractivity contribution is 0.413. The zero-order valence-corrected chi connectivity index (χ0v) is 10.0. The van der Waals surface area contributed by atoms with Crippen molar-refractivity contribution in [1.29, 1.82) is 0 Å².